The molecular weight excluding hydrogens is 262 g/mol. The number of amidine groups is 1. The average molecular weight is 283 g/mol. The fourth-order valence-electron chi connectivity index (χ4n) is 1.86. The molecule has 0 saturated carbocycles. The molecule has 2 unspecified atom stereocenters. The van der Waals surface area contributed by atoms with Crippen molar-refractivity contribution >= 4 is 28.3 Å². The molecule has 2 rings (SSSR count). The molecular formula is C13H21N3S2. The molecule has 3 nitrogen and oxygen atoms in total. The van der Waals surface area contributed by atoms with Gasteiger partial charge < -0.3 is 5.32 Å². The van der Waals surface area contributed by atoms with E-state index < -0.39 is 0 Å². The van der Waals surface area contributed by atoms with Gasteiger partial charge in [-0.2, -0.15) is 0 Å². The Hall–Kier alpha value is -0.550. The zero-order valence-corrected chi connectivity index (χ0v) is 12.9. The molecule has 0 spiro atoms. The molecule has 0 aromatic carbocycles. The highest BCUT2D eigenvalue weighted by Gasteiger charge is 2.27. The van der Waals surface area contributed by atoms with Crippen molar-refractivity contribution in [2.45, 2.75) is 45.1 Å². The molecule has 0 radical (unpaired) electrons. The first-order valence-corrected chi connectivity index (χ1v) is 8.34. The van der Waals surface area contributed by atoms with E-state index in [0.29, 0.717) is 5.92 Å². The summed E-state index contributed by atoms with van der Waals surface area (Å²) in [6.45, 7) is 7.53. The monoisotopic (exact) mass is 283 g/mol. The smallest absolute Gasteiger partial charge is 0.156 e. The van der Waals surface area contributed by atoms with E-state index in [0.717, 1.165) is 18.1 Å². The number of aromatic nitrogens is 1. The summed E-state index contributed by atoms with van der Waals surface area (Å²) in [4.78, 5) is 9.06. The first-order chi connectivity index (χ1) is 8.63. The van der Waals surface area contributed by atoms with Gasteiger partial charge in [0.1, 0.15) is 0 Å². The van der Waals surface area contributed by atoms with Crippen molar-refractivity contribution in [2.24, 2.45) is 4.99 Å². The Morgan fingerprint density at radius 3 is 3.11 bits per heavy atom. The van der Waals surface area contributed by atoms with Crippen LogP contribution in [0.2, 0.25) is 0 Å². The number of hydrogen-bond acceptors (Lipinski definition) is 4. The molecule has 1 aromatic heterocycles. The fraction of sp³-hybridized carbons (Fsp3) is 0.692. The van der Waals surface area contributed by atoms with E-state index in [1.807, 2.05) is 23.3 Å². The van der Waals surface area contributed by atoms with Crippen LogP contribution in [0.4, 0.5) is 0 Å². The lowest BCUT2D eigenvalue weighted by atomic mass is 9.96. The SMILES string of the molecule is CCC1(C)CCSC(=NCC(C)c2nccs2)N1. The largest absolute Gasteiger partial charge is 0.360 e. The summed E-state index contributed by atoms with van der Waals surface area (Å²) in [5.74, 6) is 1.58. The second-order valence-corrected chi connectivity index (χ2v) is 7.06. The van der Waals surface area contributed by atoms with Crippen molar-refractivity contribution in [1.29, 1.82) is 0 Å². The minimum absolute atomic E-state index is 0.231. The van der Waals surface area contributed by atoms with Crippen molar-refractivity contribution in [3.63, 3.8) is 0 Å². The van der Waals surface area contributed by atoms with Gasteiger partial charge in [-0.15, -0.1) is 11.3 Å². The van der Waals surface area contributed by atoms with Gasteiger partial charge >= 0.3 is 0 Å². The third kappa shape index (κ3) is 3.48. The quantitative estimate of drug-likeness (QED) is 0.919. The van der Waals surface area contributed by atoms with E-state index >= 15 is 0 Å². The second-order valence-electron chi connectivity index (χ2n) is 5.05. The minimum atomic E-state index is 0.231. The lowest BCUT2D eigenvalue weighted by Crippen LogP contribution is -2.48. The molecule has 18 heavy (non-hydrogen) atoms. The molecule has 1 aromatic rings. The normalized spacial score (nSPS) is 28.1. The van der Waals surface area contributed by atoms with Crippen LogP contribution in [-0.4, -0.2) is 28.0 Å². The van der Waals surface area contributed by atoms with E-state index in [9.17, 15) is 0 Å². The molecule has 2 heterocycles. The molecule has 1 aliphatic rings. The topological polar surface area (TPSA) is 37.3 Å². The van der Waals surface area contributed by atoms with Gasteiger partial charge in [0.25, 0.3) is 0 Å². The third-order valence-electron chi connectivity index (χ3n) is 3.46. The van der Waals surface area contributed by atoms with Gasteiger partial charge in [-0.3, -0.25) is 4.99 Å². The summed E-state index contributed by atoms with van der Waals surface area (Å²) in [6, 6.07) is 0. The van der Waals surface area contributed by atoms with Crippen LogP contribution in [0, 0.1) is 0 Å². The van der Waals surface area contributed by atoms with Crippen molar-refractivity contribution in [3.05, 3.63) is 16.6 Å². The van der Waals surface area contributed by atoms with Gasteiger partial charge in [-0.05, 0) is 19.8 Å². The second kappa shape index (κ2) is 6.06. The number of nitrogens with one attached hydrogen (secondary N) is 1. The van der Waals surface area contributed by atoms with Crippen LogP contribution >= 0.6 is 23.1 Å². The number of hydrogen-bond donors (Lipinski definition) is 1. The van der Waals surface area contributed by atoms with Crippen molar-refractivity contribution < 1.29 is 0 Å². The fourth-order valence-corrected chi connectivity index (χ4v) is 3.78. The van der Waals surface area contributed by atoms with Crippen molar-refractivity contribution in [3.8, 4) is 0 Å². The standard InChI is InChI=1S/C13H21N3S2/c1-4-13(3)5-7-18-12(16-13)15-9-10(2)11-14-6-8-17-11/h6,8,10H,4-5,7,9H2,1-3H3,(H,15,16). The molecule has 1 N–H and O–H groups in total. The maximum Gasteiger partial charge on any atom is 0.156 e. The Kier molecular flexibility index (Phi) is 4.67. The summed E-state index contributed by atoms with van der Waals surface area (Å²) in [5.41, 5.74) is 0.231. The highest BCUT2D eigenvalue weighted by Crippen LogP contribution is 2.25. The molecule has 5 heteroatoms. The molecule has 1 saturated heterocycles. The van der Waals surface area contributed by atoms with Crippen molar-refractivity contribution in [1.82, 2.24) is 10.3 Å². The molecule has 2 atom stereocenters. The Bertz CT molecular complexity index is 402. The van der Waals surface area contributed by atoms with Gasteiger partial charge in [0.05, 0.1) is 11.6 Å². The number of nitrogens with zero attached hydrogens (tertiary/aromatic N) is 2. The zero-order valence-electron chi connectivity index (χ0n) is 11.3. The van der Waals surface area contributed by atoms with Gasteiger partial charge in [-0.25, -0.2) is 4.98 Å². The predicted molar refractivity (Wildman–Crippen MR) is 81.7 cm³/mol. The van der Waals surface area contributed by atoms with Crippen LogP contribution in [0.1, 0.15) is 44.5 Å². The van der Waals surface area contributed by atoms with Crippen LogP contribution < -0.4 is 5.32 Å². The van der Waals surface area contributed by atoms with E-state index in [4.69, 9.17) is 4.99 Å². The van der Waals surface area contributed by atoms with Crippen LogP contribution in [0.25, 0.3) is 0 Å². The lowest BCUT2D eigenvalue weighted by molar-refractivity contribution is 0.389. The Balaban J connectivity index is 1.93. The number of aliphatic imine (C=N–C) groups is 1. The van der Waals surface area contributed by atoms with Crippen LogP contribution in [0.3, 0.4) is 0 Å². The summed E-state index contributed by atoms with van der Waals surface area (Å²) >= 11 is 3.56. The number of thiazole rings is 1. The first-order valence-electron chi connectivity index (χ1n) is 6.48. The summed E-state index contributed by atoms with van der Waals surface area (Å²) in [5, 5.41) is 7.89. The molecule has 0 bridgehead atoms. The lowest BCUT2D eigenvalue weighted by Gasteiger charge is -2.35. The molecule has 1 aliphatic heterocycles. The number of rotatable bonds is 4. The first kappa shape index (κ1) is 13.9. The minimum Gasteiger partial charge on any atom is -0.360 e. The zero-order chi connectivity index (χ0) is 13.0. The third-order valence-corrected chi connectivity index (χ3v) is 5.38. The van der Waals surface area contributed by atoms with Gasteiger partial charge in [0.15, 0.2) is 5.17 Å². The van der Waals surface area contributed by atoms with E-state index in [-0.39, 0.29) is 5.54 Å². The predicted octanol–water partition coefficient (Wildman–Crippen LogP) is 3.50. The van der Waals surface area contributed by atoms with Gasteiger partial charge in [0.2, 0.25) is 0 Å². The molecule has 1 fully saturated rings. The molecule has 0 aliphatic carbocycles. The number of thioether (sulfide) groups is 1. The highest BCUT2D eigenvalue weighted by atomic mass is 32.2. The van der Waals surface area contributed by atoms with Crippen molar-refractivity contribution in [2.75, 3.05) is 12.3 Å². The molecule has 100 valence electrons. The Morgan fingerprint density at radius 2 is 2.44 bits per heavy atom. The molecule has 0 amide bonds. The Morgan fingerprint density at radius 1 is 1.61 bits per heavy atom. The van der Waals surface area contributed by atoms with E-state index in [2.05, 4.69) is 31.1 Å². The van der Waals surface area contributed by atoms with Crippen LogP contribution in [0.5, 0.6) is 0 Å². The summed E-state index contributed by atoms with van der Waals surface area (Å²) in [7, 11) is 0. The highest BCUT2D eigenvalue weighted by molar-refractivity contribution is 8.13. The van der Waals surface area contributed by atoms with Gasteiger partial charge in [-0.1, -0.05) is 25.6 Å². The van der Waals surface area contributed by atoms with E-state index in [1.54, 1.807) is 11.3 Å². The maximum absolute atomic E-state index is 4.72. The maximum atomic E-state index is 4.72. The summed E-state index contributed by atoms with van der Waals surface area (Å²) in [6.07, 6.45) is 4.23. The van der Waals surface area contributed by atoms with Crippen LogP contribution in [0.15, 0.2) is 16.6 Å². The van der Waals surface area contributed by atoms with E-state index in [1.165, 1.54) is 17.2 Å². The Labute approximate surface area is 118 Å². The van der Waals surface area contributed by atoms with Gasteiger partial charge in [0, 0.05) is 28.8 Å². The average Bonchev–Trinajstić information content (AvgIpc) is 2.90. The summed E-state index contributed by atoms with van der Waals surface area (Å²) < 4.78 is 0. The van der Waals surface area contributed by atoms with Crippen LogP contribution in [-0.2, 0) is 0 Å².